The predicted octanol–water partition coefficient (Wildman–Crippen LogP) is -0.536. The zero-order chi connectivity index (χ0) is 13.5. The van der Waals surface area contributed by atoms with E-state index < -0.39 is 31.0 Å². The molecule has 1 rings (SSSR count). The highest BCUT2D eigenvalue weighted by atomic mass is 32.2. The van der Waals surface area contributed by atoms with Gasteiger partial charge in [0.2, 0.25) is 5.91 Å². The van der Waals surface area contributed by atoms with Crippen molar-refractivity contribution in [3.05, 3.63) is 0 Å². The number of carboxylic acids is 1. The summed E-state index contributed by atoms with van der Waals surface area (Å²) < 4.78 is 0. The number of nitrogens with zero attached hydrogens (tertiary/aromatic N) is 1. The van der Waals surface area contributed by atoms with Gasteiger partial charge in [-0.05, 0) is 18.6 Å². The van der Waals surface area contributed by atoms with Crippen molar-refractivity contribution in [3.8, 4) is 0 Å². The van der Waals surface area contributed by atoms with Crippen molar-refractivity contribution < 1.29 is 19.5 Å². The van der Waals surface area contributed by atoms with Gasteiger partial charge in [0.15, 0.2) is 0 Å². The molecule has 1 heterocycles. The maximum Gasteiger partial charge on any atom is 0.323 e. The maximum absolute atomic E-state index is 11.8. The van der Waals surface area contributed by atoms with Crippen LogP contribution in [0.3, 0.4) is 0 Å². The predicted molar refractivity (Wildman–Crippen MR) is 67.3 cm³/mol. The van der Waals surface area contributed by atoms with Gasteiger partial charge in [-0.3, -0.25) is 9.59 Å². The number of aliphatic carboxylic acids is 1. The molecule has 0 saturated carbocycles. The summed E-state index contributed by atoms with van der Waals surface area (Å²) >= 11 is 1.74. The first-order chi connectivity index (χ1) is 8.49. The van der Waals surface area contributed by atoms with Crippen LogP contribution in [-0.4, -0.2) is 58.6 Å². The van der Waals surface area contributed by atoms with E-state index in [1.165, 1.54) is 0 Å². The number of hydrogen-bond acceptors (Lipinski definition) is 4. The Hall–Kier alpha value is -1.44. The molecule has 1 saturated heterocycles. The van der Waals surface area contributed by atoms with E-state index in [0.29, 0.717) is 0 Å². The van der Waals surface area contributed by atoms with Crippen LogP contribution in [0.2, 0.25) is 0 Å². The normalized spacial score (nSPS) is 19.0. The summed E-state index contributed by atoms with van der Waals surface area (Å²) in [5, 5.41) is 11.4. The molecule has 1 aliphatic heterocycles. The number of carbonyl (C=O) groups excluding carboxylic acids is 2. The molecule has 1 fully saturated rings. The van der Waals surface area contributed by atoms with Crippen molar-refractivity contribution >= 4 is 29.7 Å². The molecule has 0 aromatic heterocycles. The van der Waals surface area contributed by atoms with Gasteiger partial charge < -0.3 is 21.1 Å². The van der Waals surface area contributed by atoms with E-state index in [0.717, 1.165) is 29.2 Å². The molecule has 0 aromatic rings. The number of nitrogens with one attached hydrogen (secondary N) is 1. The lowest BCUT2D eigenvalue weighted by atomic mass is 10.2. The first-order valence-corrected chi connectivity index (χ1v) is 6.78. The lowest BCUT2D eigenvalue weighted by Crippen LogP contribution is -2.50. The Kier molecular flexibility index (Phi) is 5.76. The summed E-state index contributed by atoms with van der Waals surface area (Å²) in [5.74, 6) is -0.0238. The fraction of sp³-hybridized carbons (Fsp3) is 0.700. The van der Waals surface area contributed by atoms with Crippen LogP contribution in [0.15, 0.2) is 0 Å². The molecule has 1 unspecified atom stereocenters. The Morgan fingerprint density at radius 3 is 2.61 bits per heavy atom. The van der Waals surface area contributed by atoms with E-state index in [9.17, 15) is 14.4 Å². The van der Waals surface area contributed by atoms with Crippen molar-refractivity contribution in [2.24, 2.45) is 5.73 Å². The molecule has 0 aromatic carbocycles. The van der Waals surface area contributed by atoms with Gasteiger partial charge in [-0.25, -0.2) is 4.79 Å². The van der Waals surface area contributed by atoms with Gasteiger partial charge in [-0.2, -0.15) is 11.8 Å². The number of hydrogen-bond donors (Lipinski definition) is 3. The van der Waals surface area contributed by atoms with Gasteiger partial charge >= 0.3 is 12.0 Å². The van der Waals surface area contributed by atoms with Crippen LogP contribution >= 0.6 is 11.8 Å². The maximum atomic E-state index is 11.8. The Morgan fingerprint density at radius 2 is 2.11 bits per heavy atom. The van der Waals surface area contributed by atoms with Crippen molar-refractivity contribution in [2.75, 3.05) is 24.6 Å². The molecule has 7 nitrogen and oxygen atoms in total. The number of nitrogens with two attached hydrogens (primary N) is 1. The Bertz CT molecular complexity index is 315. The highest BCUT2D eigenvalue weighted by molar-refractivity contribution is 7.99. The molecule has 1 aliphatic rings. The number of primary amides is 1. The molecule has 0 radical (unpaired) electrons. The lowest BCUT2D eigenvalue weighted by molar-refractivity contribution is -0.137. The summed E-state index contributed by atoms with van der Waals surface area (Å²) in [6, 6.07) is -0.524. The van der Waals surface area contributed by atoms with Gasteiger partial charge in [0, 0.05) is 11.8 Å². The molecule has 102 valence electrons. The van der Waals surface area contributed by atoms with Crippen LogP contribution < -0.4 is 11.1 Å². The number of amides is 3. The minimum absolute atomic E-state index is 0.0282. The standard InChI is InChI=1S/C10H17N3O4S/c11-8(14)4-13(5-9(15)16)10(17)12-7-2-1-3-18-6-7/h7H,1-6H2,(H2,11,14)(H,12,17)(H,15,16). The van der Waals surface area contributed by atoms with Crippen LogP contribution in [0.5, 0.6) is 0 Å². The van der Waals surface area contributed by atoms with E-state index in [2.05, 4.69) is 5.32 Å². The van der Waals surface area contributed by atoms with Gasteiger partial charge in [0.25, 0.3) is 0 Å². The van der Waals surface area contributed by atoms with E-state index in [-0.39, 0.29) is 6.04 Å². The van der Waals surface area contributed by atoms with Crippen LogP contribution in [0, 0.1) is 0 Å². The van der Waals surface area contributed by atoms with Gasteiger partial charge in [-0.1, -0.05) is 0 Å². The van der Waals surface area contributed by atoms with E-state index in [4.69, 9.17) is 10.8 Å². The molecule has 0 bridgehead atoms. The van der Waals surface area contributed by atoms with Gasteiger partial charge in [-0.15, -0.1) is 0 Å². The number of carboxylic acid groups (broad SMARTS) is 1. The Morgan fingerprint density at radius 1 is 1.39 bits per heavy atom. The van der Waals surface area contributed by atoms with E-state index >= 15 is 0 Å². The largest absolute Gasteiger partial charge is 0.480 e. The topological polar surface area (TPSA) is 113 Å². The van der Waals surface area contributed by atoms with Gasteiger partial charge in [0.1, 0.15) is 13.1 Å². The van der Waals surface area contributed by atoms with Crippen molar-refractivity contribution in [2.45, 2.75) is 18.9 Å². The lowest BCUT2D eigenvalue weighted by Gasteiger charge is -2.26. The van der Waals surface area contributed by atoms with Crippen LogP contribution in [0.25, 0.3) is 0 Å². The Labute approximate surface area is 109 Å². The number of rotatable bonds is 5. The van der Waals surface area contributed by atoms with Crippen molar-refractivity contribution in [3.63, 3.8) is 0 Å². The monoisotopic (exact) mass is 275 g/mol. The third kappa shape index (κ3) is 5.26. The highest BCUT2D eigenvalue weighted by Crippen LogP contribution is 2.16. The minimum atomic E-state index is -1.18. The van der Waals surface area contributed by atoms with Gasteiger partial charge in [0.05, 0.1) is 0 Å². The number of carbonyl (C=O) groups is 3. The van der Waals surface area contributed by atoms with E-state index in [1.54, 1.807) is 11.8 Å². The molecule has 1 atom stereocenters. The molecule has 4 N–H and O–H groups in total. The smallest absolute Gasteiger partial charge is 0.323 e. The van der Waals surface area contributed by atoms with E-state index in [1.807, 2.05) is 0 Å². The fourth-order valence-corrected chi connectivity index (χ4v) is 2.74. The van der Waals surface area contributed by atoms with Crippen molar-refractivity contribution in [1.82, 2.24) is 10.2 Å². The average Bonchev–Trinajstić information content (AvgIpc) is 2.28. The molecule has 8 heteroatoms. The quantitative estimate of drug-likeness (QED) is 0.624. The van der Waals surface area contributed by atoms with Crippen LogP contribution in [-0.2, 0) is 9.59 Å². The number of urea groups is 1. The third-order valence-corrected chi connectivity index (χ3v) is 3.66. The summed E-state index contributed by atoms with van der Waals surface area (Å²) in [7, 11) is 0. The summed E-state index contributed by atoms with van der Waals surface area (Å²) in [6.45, 7) is -0.924. The first kappa shape index (κ1) is 14.6. The van der Waals surface area contributed by atoms with Crippen LogP contribution in [0.4, 0.5) is 4.79 Å². The molecule has 18 heavy (non-hydrogen) atoms. The Balaban J connectivity index is 2.51. The second-order valence-electron chi connectivity index (χ2n) is 4.08. The van der Waals surface area contributed by atoms with Crippen molar-refractivity contribution in [1.29, 1.82) is 0 Å². The summed E-state index contributed by atoms with van der Waals surface area (Å²) in [4.78, 5) is 34.1. The zero-order valence-electron chi connectivity index (χ0n) is 9.92. The first-order valence-electron chi connectivity index (χ1n) is 5.62. The summed E-state index contributed by atoms with van der Waals surface area (Å²) in [5.41, 5.74) is 4.98. The SMILES string of the molecule is NC(=O)CN(CC(=O)O)C(=O)NC1CCCSC1. The fourth-order valence-electron chi connectivity index (χ4n) is 1.67. The second-order valence-corrected chi connectivity index (χ2v) is 5.23. The molecular formula is C10H17N3O4S. The third-order valence-electron chi connectivity index (χ3n) is 2.45. The number of thioether (sulfide) groups is 1. The molecule has 0 spiro atoms. The average molecular weight is 275 g/mol. The second kappa shape index (κ2) is 7.10. The van der Waals surface area contributed by atoms with Crippen LogP contribution in [0.1, 0.15) is 12.8 Å². The molecule has 3 amide bonds. The zero-order valence-corrected chi connectivity index (χ0v) is 10.7. The molecule has 0 aliphatic carbocycles. The minimum Gasteiger partial charge on any atom is -0.480 e. The highest BCUT2D eigenvalue weighted by Gasteiger charge is 2.22. The molecular weight excluding hydrogens is 258 g/mol. The summed E-state index contributed by atoms with van der Waals surface area (Å²) in [6.07, 6.45) is 1.89.